The topological polar surface area (TPSA) is 92.5 Å². The highest BCUT2D eigenvalue weighted by molar-refractivity contribution is 6.08. The van der Waals surface area contributed by atoms with Crippen LogP contribution in [0.2, 0.25) is 0 Å². The second-order valence-corrected chi connectivity index (χ2v) is 5.95. The van der Waals surface area contributed by atoms with Gasteiger partial charge in [0.05, 0.1) is 12.7 Å². The molecule has 0 aliphatic heterocycles. The van der Waals surface area contributed by atoms with E-state index in [1.165, 1.54) is 18.4 Å². The molecule has 0 saturated heterocycles. The fraction of sp³-hybridized carbons (Fsp3) is 0.100. The number of ether oxygens (including phenoxy) is 1. The van der Waals surface area contributed by atoms with Crippen molar-refractivity contribution in [2.75, 3.05) is 6.61 Å². The number of aromatic nitrogens is 1. The molecule has 2 aromatic heterocycles. The molecule has 2 aromatic carbocycles. The van der Waals surface area contributed by atoms with Gasteiger partial charge in [0.1, 0.15) is 11.3 Å². The minimum atomic E-state index is -0.519. The zero-order valence-corrected chi connectivity index (χ0v) is 13.7. The SMILES string of the molecule is O=C(Cc1coc2cc(O)ccc12)OCC(=O)c1c[nH]c2ccccc12. The highest BCUT2D eigenvalue weighted by Crippen LogP contribution is 2.25. The largest absolute Gasteiger partial charge is 0.508 e. The Morgan fingerprint density at radius 1 is 1.12 bits per heavy atom. The van der Waals surface area contributed by atoms with Gasteiger partial charge in [-0.3, -0.25) is 9.59 Å². The van der Waals surface area contributed by atoms with Gasteiger partial charge in [-0.2, -0.15) is 0 Å². The first-order chi connectivity index (χ1) is 12.6. The zero-order chi connectivity index (χ0) is 18.1. The van der Waals surface area contributed by atoms with Crippen molar-refractivity contribution in [2.24, 2.45) is 0 Å². The summed E-state index contributed by atoms with van der Waals surface area (Å²) in [6, 6.07) is 12.1. The minimum Gasteiger partial charge on any atom is -0.508 e. The van der Waals surface area contributed by atoms with Crippen LogP contribution in [0.3, 0.4) is 0 Å². The molecule has 0 atom stereocenters. The third-order valence-electron chi connectivity index (χ3n) is 4.23. The van der Waals surface area contributed by atoms with Gasteiger partial charge in [0.25, 0.3) is 0 Å². The van der Waals surface area contributed by atoms with Crippen molar-refractivity contribution in [3.63, 3.8) is 0 Å². The van der Waals surface area contributed by atoms with Crippen LogP contribution >= 0.6 is 0 Å². The van der Waals surface area contributed by atoms with Crippen LogP contribution in [0.5, 0.6) is 5.75 Å². The van der Waals surface area contributed by atoms with Crippen LogP contribution in [0.4, 0.5) is 0 Å². The number of phenolic OH excluding ortho intramolecular Hbond substituents is 1. The lowest BCUT2D eigenvalue weighted by atomic mass is 10.1. The van der Waals surface area contributed by atoms with Gasteiger partial charge in [0.15, 0.2) is 6.61 Å². The molecule has 6 nitrogen and oxygen atoms in total. The fourth-order valence-corrected chi connectivity index (χ4v) is 2.94. The second kappa shape index (κ2) is 6.40. The number of hydrogen-bond acceptors (Lipinski definition) is 5. The average Bonchev–Trinajstić information content (AvgIpc) is 3.24. The number of phenols is 1. The van der Waals surface area contributed by atoms with Gasteiger partial charge >= 0.3 is 5.97 Å². The summed E-state index contributed by atoms with van der Waals surface area (Å²) >= 11 is 0. The predicted octanol–water partition coefficient (Wildman–Crippen LogP) is 3.59. The number of benzene rings is 2. The number of hydrogen-bond donors (Lipinski definition) is 2. The molecule has 0 unspecified atom stereocenters. The molecule has 2 N–H and O–H groups in total. The van der Waals surface area contributed by atoms with Crippen LogP contribution < -0.4 is 0 Å². The van der Waals surface area contributed by atoms with Crippen molar-refractivity contribution in [3.8, 4) is 5.75 Å². The summed E-state index contributed by atoms with van der Waals surface area (Å²) in [6.07, 6.45) is 3.06. The maximum atomic E-state index is 12.3. The standard InChI is InChI=1S/C20H15NO5/c22-13-5-6-14-12(10-25-19(14)8-13)7-20(24)26-11-18(23)16-9-21-17-4-2-1-3-15(16)17/h1-6,8-10,21-22H,7,11H2. The molecule has 26 heavy (non-hydrogen) atoms. The molecular formula is C20H15NO5. The second-order valence-electron chi connectivity index (χ2n) is 5.95. The van der Waals surface area contributed by atoms with Gasteiger partial charge in [-0.25, -0.2) is 0 Å². The molecule has 2 heterocycles. The number of rotatable bonds is 5. The van der Waals surface area contributed by atoms with Crippen molar-refractivity contribution in [1.82, 2.24) is 4.98 Å². The number of ketones is 1. The molecule has 6 heteroatoms. The van der Waals surface area contributed by atoms with E-state index >= 15 is 0 Å². The Morgan fingerprint density at radius 2 is 1.96 bits per heavy atom. The molecule has 0 bridgehead atoms. The molecule has 0 fully saturated rings. The number of fused-ring (bicyclic) bond motifs is 2. The number of H-pyrrole nitrogens is 1. The summed E-state index contributed by atoms with van der Waals surface area (Å²) < 4.78 is 10.5. The molecule has 0 aliphatic rings. The van der Waals surface area contributed by atoms with Gasteiger partial charge in [-0.15, -0.1) is 0 Å². The average molecular weight is 349 g/mol. The highest BCUT2D eigenvalue weighted by atomic mass is 16.5. The number of aromatic amines is 1. The Labute approximate surface area is 148 Å². The minimum absolute atomic E-state index is 0.0149. The number of carbonyl (C=O) groups is 2. The summed E-state index contributed by atoms with van der Waals surface area (Å²) in [4.78, 5) is 27.4. The van der Waals surface area contributed by atoms with E-state index in [0.717, 1.165) is 16.3 Å². The van der Waals surface area contributed by atoms with Gasteiger partial charge < -0.3 is 19.2 Å². The molecule has 130 valence electrons. The molecule has 0 radical (unpaired) electrons. The van der Waals surface area contributed by atoms with Crippen LogP contribution in [0.1, 0.15) is 15.9 Å². The molecular weight excluding hydrogens is 334 g/mol. The van der Waals surface area contributed by atoms with Crippen molar-refractivity contribution in [1.29, 1.82) is 0 Å². The molecule has 0 spiro atoms. The summed E-state index contributed by atoms with van der Waals surface area (Å²) in [6.45, 7) is -0.322. The van der Waals surface area contributed by atoms with Crippen molar-refractivity contribution in [3.05, 3.63) is 66.1 Å². The lowest BCUT2D eigenvalue weighted by Gasteiger charge is -2.03. The van der Waals surface area contributed by atoms with Gasteiger partial charge in [-0.05, 0) is 18.2 Å². The van der Waals surface area contributed by atoms with Crippen LogP contribution in [0.25, 0.3) is 21.9 Å². The van der Waals surface area contributed by atoms with Gasteiger partial charge in [0, 0.05) is 39.7 Å². The molecule has 0 amide bonds. The monoisotopic (exact) mass is 349 g/mol. The maximum Gasteiger partial charge on any atom is 0.310 e. The summed E-state index contributed by atoms with van der Waals surface area (Å²) in [5, 5.41) is 11.0. The van der Waals surface area contributed by atoms with E-state index in [1.807, 2.05) is 24.3 Å². The number of esters is 1. The van der Waals surface area contributed by atoms with Gasteiger partial charge in [0.2, 0.25) is 5.78 Å². The quantitative estimate of drug-likeness (QED) is 0.424. The van der Waals surface area contributed by atoms with Crippen molar-refractivity contribution < 1.29 is 23.8 Å². The Hall–Kier alpha value is -3.54. The van der Waals surface area contributed by atoms with E-state index in [1.54, 1.807) is 12.3 Å². The highest BCUT2D eigenvalue weighted by Gasteiger charge is 2.16. The van der Waals surface area contributed by atoms with Crippen LogP contribution in [-0.2, 0) is 16.0 Å². The maximum absolute atomic E-state index is 12.3. The van der Waals surface area contributed by atoms with Crippen molar-refractivity contribution >= 4 is 33.6 Å². The first-order valence-electron chi connectivity index (χ1n) is 8.06. The van der Waals surface area contributed by atoms with Crippen molar-refractivity contribution in [2.45, 2.75) is 6.42 Å². The number of nitrogens with one attached hydrogen (secondary N) is 1. The number of furan rings is 1. The van der Waals surface area contributed by atoms with E-state index in [9.17, 15) is 14.7 Å². The van der Waals surface area contributed by atoms with E-state index in [2.05, 4.69) is 4.98 Å². The first kappa shape index (κ1) is 16.0. The molecule has 4 rings (SSSR count). The first-order valence-corrected chi connectivity index (χ1v) is 8.06. The molecule has 4 aromatic rings. The third-order valence-corrected chi connectivity index (χ3v) is 4.23. The number of carbonyl (C=O) groups excluding carboxylic acids is 2. The Morgan fingerprint density at radius 3 is 2.85 bits per heavy atom. The summed E-state index contributed by atoms with van der Waals surface area (Å²) in [5.41, 5.74) is 2.49. The van der Waals surface area contributed by atoms with E-state index in [4.69, 9.17) is 9.15 Å². The zero-order valence-electron chi connectivity index (χ0n) is 13.7. The molecule has 0 aliphatic carbocycles. The van der Waals surface area contributed by atoms with Crippen LogP contribution in [0, 0.1) is 0 Å². The number of para-hydroxylation sites is 1. The van der Waals surface area contributed by atoms with E-state index in [0.29, 0.717) is 16.7 Å². The lowest BCUT2D eigenvalue weighted by molar-refractivity contribution is -0.141. The summed E-state index contributed by atoms with van der Waals surface area (Å²) in [7, 11) is 0. The number of aromatic hydroxyl groups is 1. The normalized spacial score (nSPS) is 11.1. The Balaban J connectivity index is 1.42. The molecule has 0 saturated carbocycles. The summed E-state index contributed by atoms with van der Waals surface area (Å²) in [5.74, 6) is -0.697. The Bertz CT molecular complexity index is 1120. The smallest absolute Gasteiger partial charge is 0.310 e. The van der Waals surface area contributed by atoms with E-state index < -0.39 is 5.97 Å². The third kappa shape index (κ3) is 2.93. The van der Waals surface area contributed by atoms with Crippen LogP contribution in [0.15, 0.2) is 59.3 Å². The fourth-order valence-electron chi connectivity index (χ4n) is 2.94. The number of Topliss-reactive ketones (excluding diaryl/α,β-unsaturated/α-hetero) is 1. The van der Waals surface area contributed by atoms with E-state index in [-0.39, 0.29) is 24.6 Å². The Kier molecular flexibility index (Phi) is 3.93. The lowest BCUT2D eigenvalue weighted by Crippen LogP contribution is -2.15. The van der Waals surface area contributed by atoms with Crippen LogP contribution in [-0.4, -0.2) is 28.4 Å². The van der Waals surface area contributed by atoms with Gasteiger partial charge in [-0.1, -0.05) is 18.2 Å². The predicted molar refractivity (Wildman–Crippen MR) is 95.2 cm³/mol.